The molecule has 0 saturated carbocycles. The molecule has 3 heterocycles. The van der Waals surface area contributed by atoms with Gasteiger partial charge in [0.2, 0.25) is 8.32 Å². The highest BCUT2D eigenvalue weighted by molar-refractivity contribution is 7.17. The van der Waals surface area contributed by atoms with Crippen molar-refractivity contribution >= 4 is 37.2 Å². The molecule has 0 atom stereocenters. The van der Waals surface area contributed by atoms with E-state index in [0.29, 0.717) is 23.2 Å². The lowest BCUT2D eigenvalue weighted by Gasteiger charge is -2.42. The molecule has 0 aliphatic rings. The first-order chi connectivity index (χ1) is 14.3. The van der Waals surface area contributed by atoms with Crippen LogP contribution in [0, 0.1) is 0 Å². The SMILES string of the molecule is CC(C)[Si](OCc1ccc(-c2ccc(-c3ccc(/C=N\O)s3)o2)s1)(C(C)C)C(C)C. The molecule has 162 valence electrons. The monoisotopic (exact) mass is 461 g/mol. The van der Waals surface area contributed by atoms with E-state index in [2.05, 4.69) is 58.8 Å². The minimum absolute atomic E-state index is 0.580. The highest BCUT2D eigenvalue weighted by Gasteiger charge is 2.45. The molecule has 1 N–H and O–H groups in total. The lowest BCUT2D eigenvalue weighted by Crippen LogP contribution is -2.47. The maximum atomic E-state index is 8.69. The molecule has 0 saturated heterocycles. The van der Waals surface area contributed by atoms with Gasteiger partial charge in [-0.05, 0) is 53.0 Å². The van der Waals surface area contributed by atoms with Crippen LogP contribution >= 0.6 is 22.7 Å². The van der Waals surface area contributed by atoms with E-state index < -0.39 is 8.32 Å². The van der Waals surface area contributed by atoms with E-state index in [1.807, 2.05) is 24.3 Å². The second-order valence-electron chi connectivity index (χ2n) is 8.48. The van der Waals surface area contributed by atoms with Gasteiger partial charge in [0.15, 0.2) is 0 Å². The third kappa shape index (κ3) is 4.64. The number of oxime groups is 1. The summed E-state index contributed by atoms with van der Waals surface area (Å²) in [6, 6.07) is 12.2. The van der Waals surface area contributed by atoms with Crippen LogP contribution in [0.4, 0.5) is 0 Å². The van der Waals surface area contributed by atoms with Crippen molar-refractivity contribution in [3.05, 3.63) is 46.2 Å². The smallest absolute Gasteiger partial charge is 0.200 e. The molecular weight excluding hydrogens is 430 g/mol. The van der Waals surface area contributed by atoms with E-state index in [1.165, 1.54) is 22.4 Å². The highest BCUT2D eigenvalue weighted by Crippen LogP contribution is 2.43. The van der Waals surface area contributed by atoms with Gasteiger partial charge in [0.05, 0.1) is 22.6 Å². The molecule has 0 aromatic carbocycles. The van der Waals surface area contributed by atoms with Gasteiger partial charge in [-0.3, -0.25) is 0 Å². The Morgan fingerprint density at radius 2 is 1.47 bits per heavy atom. The van der Waals surface area contributed by atoms with Gasteiger partial charge in [-0.15, -0.1) is 22.7 Å². The maximum absolute atomic E-state index is 8.69. The third-order valence-corrected chi connectivity index (χ3v) is 13.9. The Labute approximate surface area is 188 Å². The fraction of sp³-hybridized carbons (Fsp3) is 0.435. The third-order valence-electron chi connectivity index (χ3n) is 5.74. The molecule has 0 unspecified atom stereocenters. The van der Waals surface area contributed by atoms with Gasteiger partial charge in [0.1, 0.15) is 11.5 Å². The molecule has 0 aliphatic carbocycles. The van der Waals surface area contributed by atoms with Gasteiger partial charge in [0, 0.05) is 9.75 Å². The van der Waals surface area contributed by atoms with Gasteiger partial charge >= 0.3 is 0 Å². The summed E-state index contributed by atoms with van der Waals surface area (Å²) in [6.45, 7) is 14.6. The average Bonchev–Trinajstić information content (AvgIpc) is 3.41. The van der Waals surface area contributed by atoms with Crippen LogP contribution in [0.5, 0.6) is 0 Å². The molecule has 0 amide bonds. The lowest BCUT2D eigenvalue weighted by atomic mass is 10.3. The maximum Gasteiger partial charge on any atom is 0.200 e. The predicted molar refractivity (Wildman–Crippen MR) is 131 cm³/mol. The van der Waals surface area contributed by atoms with E-state index in [1.54, 1.807) is 11.3 Å². The Bertz CT molecular complexity index is 962. The standard InChI is InChI=1S/C23H31NO3S2Si/c1-15(2)30(16(3)4,17(5)6)26-14-19-8-12-23(29-19)21-10-9-20(27-21)22-11-7-18(28-22)13-24-25/h7-13,15-17,25H,14H2,1-6H3/b24-13-. The topological polar surface area (TPSA) is 55.0 Å². The van der Waals surface area contributed by atoms with Crippen molar-refractivity contribution in [1.29, 1.82) is 0 Å². The number of hydrogen-bond donors (Lipinski definition) is 1. The molecule has 3 aromatic heterocycles. The molecule has 0 fully saturated rings. The number of nitrogens with zero attached hydrogens (tertiary/aromatic N) is 1. The zero-order chi connectivity index (χ0) is 21.9. The Balaban J connectivity index is 1.74. The van der Waals surface area contributed by atoms with Crippen LogP contribution in [0.2, 0.25) is 16.6 Å². The minimum Gasteiger partial charge on any atom is -0.454 e. The van der Waals surface area contributed by atoms with Crippen LogP contribution in [0.3, 0.4) is 0 Å². The van der Waals surface area contributed by atoms with Gasteiger partial charge < -0.3 is 14.1 Å². The van der Waals surface area contributed by atoms with Crippen LogP contribution in [-0.2, 0) is 11.0 Å². The van der Waals surface area contributed by atoms with Crippen LogP contribution in [0.25, 0.3) is 21.3 Å². The normalized spacial score (nSPS) is 12.8. The van der Waals surface area contributed by atoms with Crippen LogP contribution in [-0.4, -0.2) is 19.7 Å². The first-order valence-electron chi connectivity index (χ1n) is 10.4. The molecule has 0 spiro atoms. The molecule has 4 nitrogen and oxygen atoms in total. The van der Waals surface area contributed by atoms with Gasteiger partial charge in [0.25, 0.3) is 0 Å². The molecular formula is C23H31NO3S2Si. The average molecular weight is 462 g/mol. The van der Waals surface area contributed by atoms with Crippen molar-refractivity contribution < 1.29 is 14.1 Å². The Kier molecular flexibility index (Phi) is 7.39. The van der Waals surface area contributed by atoms with Gasteiger partial charge in [-0.25, -0.2) is 0 Å². The molecule has 3 rings (SSSR count). The Morgan fingerprint density at radius 3 is 2.03 bits per heavy atom. The zero-order valence-corrected chi connectivity index (χ0v) is 21.1. The lowest BCUT2D eigenvalue weighted by molar-refractivity contribution is 0.269. The number of thiophene rings is 2. The van der Waals surface area contributed by atoms with Crippen molar-refractivity contribution in [1.82, 2.24) is 0 Å². The fourth-order valence-electron chi connectivity index (χ4n) is 4.50. The van der Waals surface area contributed by atoms with E-state index in [9.17, 15) is 0 Å². The van der Waals surface area contributed by atoms with Crippen LogP contribution in [0.15, 0.2) is 46.0 Å². The summed E-state index contributed by atoms with van der Waals surface area (Å²) < 4.78 is 12.8. The molecule has 0 aliphatic heterocycles. The number of hydrogen-bond acceptors (Lipinski definition) is 6. The molecule has 0 bridgehead atoms. The minimum atomic E-state index is -1.87. The number of rotatable bonds is 9. The summed E-state index contributed by atoms with van der Waals surface area (Å²) in [7, 11) is -1.87. The van der Waals surface area contributed by atoms with Crippen molar-refractivity contribution in [2.75, 3.05) is 0 Å². The zero-order valence-electron chi connectivity index (χ0n) is 18.5. The second kappa shape index (κ2) is 9.64. The summed E-state index contributed by atoms with van der Waals surface area (Å²) >= 11 is 3.26. The first-order valence-corrected chi connectivity index (χ1v) is 14.2. The molecule has 30 heavy (non-hydrogen) atoms. The molecule has 7 heteroatoms. The van der Waals surface area contributed by atoms with Crippen molar-refractivity contribution in [2.45, 2.75) is 64.8 Å². The fourth-order valence-corrected chi connectivity index (χ4v) is 11.7. The van der Waals surface area contributed by atoms with Crippen LogP contribution in [0.1, 0.15) is 51.3 Å². The van der Waals surface area contributed by atoms with Gasteiger partial charge in [-0.1, -0.05) is 46.7 Å². The summed E-state index contributed by atoms with van der Waals surface area (Å²) in [4.78, 5) is 4.24. The predicted octanol–water partition coefficient (Wildman–Crippen LogP) is 8.24. The van der Waals surface area contributed by atoms with E-state index in [-0.39, 0.29) is 0 Å². The summed E-state index contributed by atoms with van der Waals surface area (Å²) in [5.74, 6) is 1.69. The Morgan fingerprint density at radius 1 is 0.900 bits per heavy atom. The van der Waals surface area contributed by atoms with E-state index in [0.717, 1.165) is 26.2 Å². The summed E-state index contributed by atoms with van der Waals surface area (Å²) in [5, 5.41) is 11.8. The summed E-state index contributed by atoms with van der Waals surface area (Å²) in [6.07, 6.45) is 1.43. The van der Waals surface area contributed by atoms with Crippen molar-refractivity contribution in [3.63, 3.8) is 0 Å². The Hall–Kier alpha value is -1.67. The van der Waals surface area contributed by atoms with Crippen LogP contribution < -0.4 is 0 Å². The largest absolute Gasteiger partial charge is 0.454 e. The second-order valence-corrected chi connectivity index (χ2v) is 16.2. The first kappa shape index (κ1) is 23.0. The quantitative estimate of drug-likeness (QED) is 0.151. The highest BCUT2D eigenvalue weighted by atomic mass is 32.1. The van der Waals surface area contributed by atoms with E-state index in [4.69, 9.17) is 14.1 Å². The number of furan rings is 1. The molecule has 0 radical (unpaired) electrons. The van der Waals surface area contributed by atoms with Gasteiger partial charge in [-0.2, -0.15) is 0 Å². The molecule has 3 aromatic rings. The van der Waals surface area contributed by atoms with Crippen molar-refractivity contribution in [2.24, 2.45) is 5.16 Å². The van der Waals surface area contributed by atoms with E-state index >= 15 is 0 Å². The van der Waals surface area contributed by atoms with Crippen molar-refractivity contribution in [3.8, 4) is 21.3 Å². The summed E-state index contributed by atoms with van der Waals surface area (Å²) in [5.41, 5.74) is 1.74.